The highest BCUT2D eigenvalue weighted by Crippen LogP contribution is 2.26. The van der Waals surface area contributed by atoms with Gasteiger partial charge in [0.15, 0.2) is 5.76 Å². The van der Waals surface area contributed by atoms with Crippen LogP contribution < -0.4 is 0 Å². The Morgan fingerprint density at radius 3 is 2.48 bits per heavy atom. The largest absolute Gasteiger partial charge is 0.460 e. The van der Waals surface area contributed by atoms with Crippen molar-refractivity contribution in [2.75, 3.05) is 32.8 Å². The number of non-ortho nitro benzene ring substituents is 1. The number of nitro benzene ring substituents is 1. The van der Waals surface area contributed by atoms with Crippen LogP contribution in [0.4, 0.5) is 10.5 Å². The minimum Gasteiger partial charge on any atom is -0.460 e. The van der Waals surface area contributed by atoms with E-state index in [0.29, 0.717) is 49.1 Å². The van der Waals surface area contributed by atoms with Gasteiger partial charge in [0.1, 0.15) is 17.1 Å². The third-order valence-electron chi connectivity index (χ3n) is 5.30. The van der Waals surface area contributed by atoms with Gasteiger partial charge in [0, 0.05) is 44.4 Å². The van der Waals surface area contributed by atoms with Crippen LogP contribution in [0, 0.1) is 17.0 Å². The topological polar surface area (TPSA) is 124 Å². The van der Waals surface area contributed by atoms with Crippen molar-refractivity contribution in [1.82, 2.24) is 19.6 Å². The molecule has 1 aromatic carbocycles. The Morgan fingerprint density at radius 2 is 1.85 bits per heavy atom. The quantitative estimate of drug-likeness (QED) is 0.429. The van der Waals surface area contributed by atoms with Gasteiger partial charge in [0.05, 0.1) is 17.2 Å². The van der Waals surface area contributed by atoms with Crippen LogP contribution in [0.3, 0.4) is 0 Å². The molecular weight excluding hydrogens is 430 g/mol. The molecule has 3 heterocycles. The van der Waals surface area contributed by atoms with Crippen LogP contribution in [0.5, 0.6) is 0 Å². The summed E-state index contributed by atoms with van der Waals surface area (Å²) in [6.45, 7) is 5.18. The minimum absolute atomic E-state index is 0.111. The van der Waals surface area contributed by atoms with E-state index in [-0.39, 0.29) is 23.9 Å². The Balaban J connectivity index is 1.66. The highest BCUT2D eigenvalue weighted by Gasteiger charge is 2.29. The molecule has 0 aliphatic carbocycles. The molecule has 11 heteroatoms. The Morgan fingerprint density at radius 1 is 1.12 bits per heavy atom. The van der Waals surface area contributed by atoms with Gasteiger partial charge in [0.2, 0.25) is 0 Å². The Labute approximate surface area is 189 Å². The molecule has 0 spiro atoms. The van der Waals surface area contributed by atoms with Crippen molar-refractivity contribution in [3.8, 4) is 17.1 Å². The molecule has 0 saturated carbocycles. The van der Waals surface area contributed by atoms with Gasteiger partial charge >= 0.3 is 6.09 Å². The number of aromatic nitrogens is 2. The average molecular weight is 453 g/mol. The molecule has 0 N–H and O–H groups in total. The maximum Gasteiger partial charge on any atom is 0.409 e. The molecule has 0 radical (unpaired) electrons. The number of hydrogen-bond donors (Lipinski definition) is 0. The summed E-state index contributed by atoms with van der Waals surface area (Å²) in [6.07, 6.45) is -0.401. The van der Waals surface area contributed by atoms with Crippen molar-refractivity contribution in [3.05, 3.63) is 64.0 Å². The summed E-state index contributed by atoms with van der Waals surface area (Å²) in [4.78, 5) is 39.3. The van der Waals surface area contributed by atoms with E-state index in [1.807, 2.05) is 0 Å². The standard InChI is InChI=1S/C22H23N5O6/c1-3-32-22(29)25-11-9-24(10-12-25)21(28)19-14-18(20-8-7-15(2)33-20)23-26(19)16-5-4-6-17(13-16)27(30)31/h4-8,13-14H,3,9-12H2,1-2H3. The van der Waals surface area contributed by atoms with E-state index in [1.165, 1.54) is 22.9 Å². The molecule has 33 heavy (non-hydrogen) atoms. The average Bonchev–Trinajstić information content (AvgIpc) is 3.45. The lowest BCUT2D eigenvalue weighted by molar-refractivity contribution is -0.384. The third-order valence-corrected chi connectivity index (χ3v) is 5.30. The Bertz CT molecular complexity index is 1190. The van der Waals surface area contributed by atoms with E-state index in [9.17, 15) is 19.7 Å². The number of carbonyl (C=O) groups excluding carboxylic acids is 2. The summed E-state index contributed by atoms with van der Waals surface area (Å²) in [5.41, 5.74) is 0.944. The number of hydrogen-bond acceptors (Lipinski definition) is 7. The molecule has 1 fully saturated rings. The van der Waals surface area contributed by atoms with Gasteiger partial charge in [-0.15, -0.1) is 0 Å². The molecule has 172 valence electrons. The summed E-state index contributed by atoms with van der Waals surface area (Å²) < 4.78 is 12.1. The summed E-state index contributed by atoms with van der Waals surface area (Å²) in [5, 5.41) is 15.8. The molecule has 0 bridgehead atoms. The minimum atomic E-state index is -0.500. The maximum atomic E-state index is 13.4. The van der Waals surface area contributed by atoms with Crippen LogP contribution in [-0.4, -0.2) is 69.3 Å². The van der Waals surface area contributed by atoms with Crippen LogP contribution in [0.15, 0.2) is 46.9 Å². The second-order valence-corrected chi connectivity index (χ2v) is 7.49. The number of rotatable bonds is 5. The van der Waals surface area contributed by atoms with Gasteiger partial charge in [-0.2, -0.15) is 5.10 Å². The number of amides is 2. The zero-order valence-corrected chi connectivity index (χ0v) is 18.3. The molecule has 1 aliphatic heterocycles. The van der Waals surface area contributed by atoms with Crippen LogP contribution >= 0.6 is 0 Å². The molecule has 2 amide bonds. The summed E-state index contributed by atoms with van der Waals surface area (Å²) in [7, 11) is 0. The number of nitro groups is 1. The molecule has 3 aromatic rings. The second-order valence-electron chi connectivity index (χ2n) is 7.49. The number of benzene rings is 1. The smallest absolute Gasteiger partial charge is 0.409 e. The molecule has 1 saturated heterocycles. The normalized spacial score (nSPS) is 13.8. The van der Waals surface area contributed by atoms with Crippen LogP contribution in [0.25, 0.3) is 17.1 Å². The lowest BCUT2D eigenvalue weighted by Gasteiger charge is -2.34. The Kier molecular flexibility index (Phi) is 6.11. The predicted molar refractivity (Wildman–Crippen MR) is 117 cm³/mol. The maximum absolute atomic E-state index is 13.4. The second kappa shape index (κ2) is 9.15. The molecule has 2 aromatic heterocycles. The van der Waals surface area contributed by atoms with E-state index >= 15 is 0 Å². The number of furan rings is 1. The SMILES string of the molecule is CCOC(=O)N1CCN(C(=O)c2cc(-c3ccc(C)o3)nn2-c2cccc([N+](=O)[O-])c2)CC1. The van der Waals surface area contributed by atoms with E-state index in [1.54, 1.807) is 47.9 Å². The molecule has 1 aliphatic rings. The molecule has 11 nitrogen and oxygen atoms in total. The molecule has 4 rings (SSSR count). The van der Waals surface area contributed by atoms with Gasteiger partial charge in [-0.1, -0.05) is 6.07 Å². The summed E-state index contributed by atoms with van der Waals surface area (Å²) >= 11 is 0. The van der Waals surface area contributed by atoms with Gasteiger partial charge in [0.25, 0.3) is 11.6 Å². The number of nitrogens with zero attached hydrogens (tertiary/aromatic N) is 5. The molecule has 0 unspecified atom stereocenters. The van der Waals surface area contributed by atoms with Gasteiger partial charge in [-0.25, -0.2) is 9.48 Å². The van der Waals surface area contributed by atoms with E-state index in [4.69, 9.17) is 9.15 Å². The first-order valence-electron chi connectivity index (χ1n) is 10.5. The first-order valence-corrected chi connectivity index (χ1v) is 10.5. The van der Waals surface area contributed by atoms with Crippen molar-refractivity contribution in [2.24, 2.45) is 0 Å². The van der Waals surface area contributed by atoms with Crippen LogP contribution in [0.2, 0.25) is 0 Å². The third kappa shape index (κ3) is 4.56. The number of aryl methyl sites for hydroxylation is 1. The monoisotopic (exact) mass is 453 g/mol. The zero-order valence-electron chi connectivity index (χ0n) is 18.3. The predicted octanol–water partition coefficient (Wildman–Crippen LogP) is 3.26. The van der Waals surface area contributed by atoms with Gasteiger partial charge in [-0.05, 0) is 32.0 Å². The van der Waals surface area contributed by atoms with Crippen LogP contribution in [-0.2, 0) is 4.74 Å². The first-order chi connectivity index (χ1) is 15.9. The van der Waals surface area contributed by atoms with E-state index in [0.717, 1.165) is 0 Å². The fourth-order valence-electron chi connectivity index (χ4n) is 3.63. The summed E-state index contributed by atoms with van der Waals surface area (Å²) in [5.74, 6) is 0.878. The van der Waals surface area contributed by atoms with Crippen molar-refractivity contribution in [1.29, 1.82) is 0 Å². The summed E-state index contributed by atoms with van der Waals surface area (Å²) in [6, 6.07) is 11.1. The molecule has 0 atom stereocenters. The van der Waals surface area contributed by atoms with Crippen LogP contribution in [0.1, 0.15) is 23.2 Å². The zero-order chi connectivity index (χ0) is 23.5. The van der Waals surface area contributed by atoms with Crippen molar-refractivity contribution in [3.63, 3.8) is 0 Å². The lowest BCUT2D eigenvalue weighted by atomic mass is 10.2. The number of ether oxygens (including phenoxy) is 1. The van der Waals surface area contributed by atoms with Crippen molar-refractivity contribution in [2.45, 2.75) is 13.8 Å². The van der Waals surface area contributed by atoms with E-state index < -0.39 is 11.0 Å². The Hall–Kier alpha value is -4.15. The highest BCUT2D eigenvalue weighted by atomic mass is 16.6. The van der Waals surface area contributed by atoms with Gasteiger partial charge in [-0.3, -0.25) is 14.9 Å². The van der Waals surface area contributed by atoms with Crippen molar-refractivity contribution >= 4 is 17.7 Å². The van der Waals surface area contributed by atoms with Gasteiger partial charge < -0.3 is 19.0 Å². The number of piperazine rings is 1. The molecular formula is C22H23N5O6. The fraction of sp³-hybridized carbons (Fsp3) is 0.318. The van der Waals surface area contributed by atoms with Crippen molar-refractivity contribution < 1.29 is 23.7 Å². The first kappa shape index (κ1) is 22.1. The number of carbonyl (C=O) groups is 2. The van der Waals surface area contributed by atoms with E-state index in [2.05, 4.69) is 5.10 Å². The lowest BCUT2D eigenvalue weighted by Crippen LogP contribution is -2.51. The highest BCUT2D eigenvalue weighted by molar-refractivity contribution is 5.94. The fourth-order valence-corrected chi connectivity index (χ4v) is 3.63.